The highest BCUT2D eigenvalue weighted by atomic mass is 16.6. The SMILES string of the molecule is CC1CCC(C=O)C([N+](=O)[O-])C1. The van der Waals surface area contributed by atoms with Crippen molar-refractivity contribution in [2.24, 2.45) is 11.8 Å². The van der Waals surface area contributed by atoms with Gasteiger partial charge in [0, 0.05) is 11.3 Å². The van der Waals surface area contributed by atoms with Crippen molar-refractivity contribution in [1.29, 1.82) is 0 Å². The third-order valence-corrected chi connectivity index (χ3v) is 2.58. The Labute approximate surface area is 71.1 Å². The Morgan fingerprint density at radius 3 is 2.67 bits per heavy atom. The van der Waals surface area contributed by atoms with Gasteiger partial charge >= 0.3 is 0 Å². The van der Waals surface area contributed by atoms with Crippen molar-refractivity contribution < 1.29 is 9.72 Å². The molecule has 3 atom stereocenters. The number of nitrogens with zero attached hydrogens (tertiary/aromatic N) is 1. The van der Waals surface area contributed by atoms with E-state index in [0.29, 0.717) is 18.8 Å². The quantitative estimate of drug-likeness (QED) is 0.357. The fraction of sp³-hybridized carbons (Fsp3) is 0.875. The van der Waals surface area contributed by atoms with Crippen LogP contribution in [0.25, 0.3) is 0 Å². The van der Waals surface area contributed by atoms with E-state index in [4.69, 9.17) is 0 Å². The van der Waals surface area contributed by atoms with Gasteiger partial charge in [-0.05, 0) is 18.8 Å². The van der Waals surface area contributed by atoms with Crippen LogP contribution in [-0.2, 0) is 4.79 Å². The third kappa shape index (κ3) is 1.81. The van der Waals surface area contributed by atoms with Gasteiger partial charge in [0.25, 0.3) is 0 Å². The van der Waals surface area contributed by atoms with Crippen LogP contribution in [0.1, 0.15) is 26.2 Å². The van der Waals surface area contributed by atoms with Gasteiger partial charge < -0.3 is 4.79 Å². The first kappa shape index (κ1) is 9.16. The van der Waals surface area contributed by atoms with E-state index in [2.05, 4.69) is 0 Å². The van der Waals surface area contributed by atoms with Gasteiger partial charge in [-0.15, -0.1) is 0 Å². The average molecular weight is 171 g/mol. The normalized spacial score (nSPS) is 35.9. The Balaban J connectivity index is 2.63. The van der Waals surface area contributed by atoms with Gasteiger partial charge in [0.2, 0.25) is 6.04 Å². The van der Waals surface area contributed by atoms with Gasteiger partial charge in [0.15, 0.2) is 0 Å². The molecule has 4 heteroatoms. The number of carbonyl (C=O) groups excluding carboxylic acids is 1. The maximum atomic E-state index is 10.5. The second-order valence-electron chi connectivity index (χ2n) is 3.57. The summed E-state index contributed by atoms with van der Waals surface area (Å²) in [5, 5.41) is 10.5. The molecule has 1 fully saturated rings. The molecule has 0 saturated heterocycles. The molecule has 0 amide bonds. The Kier molecular flexibility index (Phi) is 2.78. The van der Waals surface area contributed by atoms with Crippen molar-refractivity contribution in [2.75, 3.05) is 0 Å². The predicted molar refractivity (Wildman–Crippen MR) is 43.4 cm³/mol. The molecule has 0 aromatic carbocycles. The van der Waals surface area contributed by atoms with Crippen molar-refractivity contribution in [3.05, 3.63) is 10.1 Å². The maximum absolute atomic E-state index is 10.5. The molecule has 0 aromatic rings. The number of rotatable bonds is 2. The lowest BCUT2D eigenvalue weighted by molar-refractivity contribution is -0.533. The molecule has 0 aliphatic heterocycles. The van der Waals surface area contributed by atoms with Crippen molar-refractivity contribution in [1.82, 2.24) is 0 Å². The summed E-state index contributed by atoms with van der Waals surface area (Å²) < 4.78 is 0. The topological polar surface area (TPSA) is 60.2 Å². The molecule has 68 valence electrons. The van der Waals surface area contributed by atoms with E-state index in [0.717, 1.165) is 12.7 Å². The summed E-state index contributed by atoms with van der Waals surface area (Å²) in [4.78, 5) is 20.7. The number of carbonyl (C=O) groups is 1. The van der Waals surface area contributed by atoms with Crippen LogP contribution in [0.15, 0.2) is 0 Å². The van der Waals surface area contributed by atoms with E-state index in [9.17, 15) is 14.9 Å². The van der Waals surface area contributed by atoms with Crippen LogP contribution in [0.3, 0.4) is 0 Å². The summed E-state index contributed by atoms with van der Waals surface area (Å²) in [7, 11) is 0. The largest absolute Gasteiger partial charge is 0.303 e. The summed E-state index contributed by atoms with van der Waals surface area (Å²) in [5.41, 5.74) is 0. The van der Waals surface area contributed by atoms with Crippen LogP contribution < -0.4 is 0 Å². The van der Waals surface area contributed by atoms with Crippen LogP contribution in [0, 0.1) is 22.0 Å². The third-order valence-electron chi connectivity index (χ3n) is 2.58. The van der Waals surface area contributed by atoms with Gasteiger partial charge in [-0.25, -0.2) is 0 Å². The van der Waals surface area contributed by atoms with Crippen LogP contribution in [0.5, 0.6) is 0 Å². The zero-order valence-corrected chi connectivity index (χ0v) is 7.10. The second-order valence-corrected chi connectivity index (χ2v) is 3.57. The van der Waals surface area contributed by atoms with Gasteiger partial charge in [-0.2, -0.15) is 0 Å². The Morgan fingerprint density at radius 1 is 1.50 bits per heavy atom. The Morgan fingerprint density at radius 2 is 2.17 bits per heavy atom. The van der Waals surface area contributed by atoms with E-state index in [1.165, 1.54) is 0 Å². The monoisotopic (exact) mass is 171 g/mol. The lowest BCUT2D eigenvalue weighted by Crippen LogP contribution is -2.35. The molecule has 4 nitrogen and oxygen atoms in total. The van der Waals surface area contributed by atoms with E-state index in [1.54, 1.807) is 0 Å². The summed E-state index contributed by atoms with van der Waals surface area (Å²) in [6.07, 6.45) is 2.90. The highest BCUT2D eigenvalue weighted by Crippen LogP contribution is 2.29. The molecule has 0 N–H and O–H groups in total. The van der Waals surface area contributed by atoms with E-state index in [1.807, 2.05) is 6.92 Å². The molecule has 12 heavy (non-hydrogen) atoms. The van der Waals surface area contributed by atoms with Crippen LogP contribution in [-0.4, -0.2) is 17.3 Å². The molecule has 0 aromatic heterocycles. The molecule has 1 aliphatic carbocycles. The average Bonchev–Trinajstić information content (AvgIpc) is 2.04. The first-order chi connectivity index (χ1) is 5.65. The molecule has 0 spiro atoms. The van der Waals surface area contributed by atoms with Crippen LogP contribution >= 0.6 is 0 Å². The molecule has 3 unspecified atom stereocenters. The summed E-state index contributed by atoms with van der Waals surface area (Å²) in [5.74, 6) is 0.0350. The van der Waals surface area contributed by atoms with E-state index >= 15 is 0 Å². The maximum Gasteiger partial charge on any atom is 0.222 e. The van der Waals surface area contributed by atoms with Crippen molar-refractivity contribution >= 4 is 6.29 Å². The van der Waals surface area contributed by atoms with Crippen molar-refractivity contribution in [2.45, 2.75) is 32.2 Å². The number of hydrogen-bond donors (Lipinski definition) is 0. The van der Waals surface area contributed by atoms with Gasteiger partial charge in [-0.3, -0.25) is 10.1 Å². The zero-order valence-electron chi connectivity index (χ0n) is 7.10. The summed E-state index contributed by atoms with van der Waals surface area (Å²) in [6, 6.07) is -0.633. The molecule has 1 rings (SSSR count). The van der Waals surface area contributed by atoms with E-state index in [-0.39, 0.29) is 10.8 Å². The van der Waals surface area contributed by atoms with Crippen molar-refractivity contribution in [3.8, 4) is 0 Å². The van der Waals surface area contributed by atoms with Crippen LogP contribution in [0.2, 0.25) is 0 Å². The van der Waals surface area contributed by atoms with Crippen LogP contribution in [0.4, 0.5) is 0 Å². The molecule has 0 bridgehead atoms. The number of nitro groups is 1. The minimum Gasteiger partial charge on any atom is -0.303 e. The fourth-order valence-corrected chi connectivity index (χ4v) is 1.78. The molecule has 0 radical (unpaired) electrons. The fourth-order valence-electron chi connectivity index (χ4n) is 1.78. The zero-order chi connectivity index (χ0) is 9.14. The number of aldehydes is 1. The van der Waals surface area contributed by atoms with Gasteiger partial charge in [0.05, 0.1) is 5.92 Å². The highest BCUT2D eigenvalue weighted by Gasteiger charge is 2.36. The van der Waals surface area contributed by atoms with Crippen molar-refractivity contribution in [3.63, 3.8) is 0 Å². The summed E-state index contributed by atoms with van der Waals surface area (Å²) >= 11 is 0. The van der Waals surface area contributed by atoms with E-state index < -0.39 is 6.04 Å². The Hall–Kier alpha value is -0.930. The predicted octanol–water partition coefficient (Wildman–Crippen LogP) is 1.27. The Bertz CT molecular complexity index is 193. The smallest absolute Gasteiger partial charge is 0.222 e. The summed E-state index contributed by atoms with van der Waals surface area (Å²) in [6.45, 7) is 2.00. The molecule has 0 heterocycles. The first-order valence-electron chi connectivity index (χ1n) is 4.24. The minimum absolute atomic E-state index is 0.311. The minimum atomic E-state index is -0.633. The number of hydrogen-bond acceptors (Lipinski definition) is 3. The molecular weight excluding hydrogens is 158 g/mol. The lowest BCUT2D eigenvalue weighted by Gasteiger charge is -2.25. The molecule has 1 saturated carbocycles. The second kappa shape index (κ2) is 3.65. The standard InChI is InChI=1S/C8H13NO3/c1-6-2-3-7(5-10)8(4-6)9(11)12/h5-8H,2-4H2,1H3. The van der Waals surface area contributed by atoms with Gasteiger partial charge in [0.1, 0.15) is 6.29 Å². The van der Waals surface area contributed by atoms with Gasteiger partial charge in [-0.1, -0.05) is 6.92 Å². The first-order valence-corrected chi connectivity index (χ1v) is 4.24. The molecular formula is C8H13NO3. The highest BCUT2D eigenvalue weighted by molar-refractivity contribution is 5.54. The molecule has 1 aliphatic rings. The lowest BCUT2D eigenvalue weighted by atomic mass is 9.80.